The topological polar surface area (TPSA) is 66.5 Å². The number of rotatable bonds is 1. The number of phenolic OH excluding ortho intramolecular Hbond substituents is 2. The first-order valence-electron chi connectivity index (χ1n) is 4.22. The largest absolute Gasteiger partial charge is 0.508 e. The average molecular weight is 181 g/mol. The maximum Gasteiger partial charge on any atom is 0.123 e. The van der Waals surface area contributed by atoms with Gasteiger partial charge in [0.1, 0.15) is 11.5 Å². The highest BCUT2D eigenvalue weighted by molar-refractivity contribution is 5.52. The second-order valence-corrected chi connectivity index (χ2v) is 3.37. The maximum absolute atomic E-state index is 9.68. The molecule has 0 aromatic heterocycles. The molecule has 0 aliphatic rings. The van der Waals surface area contributed by atoms with Crippen LogP contribution < -0.4 is 5.73 Å². The molecule has 3 heteroatoms. The number of hydrogen-bond acceptors (Lipinski definition) is 3. The summed E-state index contributed by atoms with van der Waals surface area (Å²) in [6.45, 7) is 5.29. The van der Waals surface area contributed by atoms with Crippen molar-refractivity contribution in [1.82, 2.24) is 0 Å². The number of nitrogens with two attached hydrogens (primary N) is 1. The minimum absolute atomic E-state index is 0.183. The van der Waals surface area contributed by atoms with Gasteiger partial charge in [0.15, 0.2) is 0 Å². The van der Waals surface area contributed by atoms with Crippen LogP contribution in [-0.2, 0) is 0 Å². The quantitative estimate of drug-likeness (QED) is 0.578. The molecule has 0 bridgehead atoms. The summed E-state index contributed by atoms with van der Waals surface area (Å²) in [5.41, 5.74) is 7.60. The van der Waals surface area contributed by atoms with E-state index in [1.54, 1.807) is 20.8 Å². The predicted molar refractivity (Wildman–Crippen MR) is 51.8 cm³/mol. The summed E-state index contributed by atoms with van der Waals surface area (Å²) in [5, 5.41) is 19.2. The first-order chi connectivity index (χ1) is 5.95. The Balaban J connectivity index is 3.41. The fourth-order valence-corrected chi connectivity index (χ4v) is 1.26. The highest BCUT2D eigenvalue weighted by Crippen LogP contribution is 2.34. The highest BCUT2D eigenvalue weighted by Gasteiger charge is 2.13. The van der Waals surface area contributed by atoms with Crippen molar-refractivity contribution < 1.29 is 10.2 Å². The summed E-state index contributed by atoms with van der Waals surface area (Å²) in [6, 6.07) is 1.24. The summed E-state index contributed by atoms with van der Waals surface area (Å²) in [4.78, 5) is 0. The molecule has 1 atom stereocenters. The fourth-order valence-electron chi connectivity index (χ4n) is 1.26. The van der Waals surface area contributed by atoms with Crippen molar-refractivity contribution in [3.63, 3.8) is 0 Å². The van der Waals surface area contributed by atoms with Gasteiger partial charge in [-0.1, -0.05) is 0 Å². The summed E-state index contributed by atoms with van der Waals surface area (Å²) in [7, 11) is 0. The molecule has 0 spiro atoms. The third kappa shape index (κ3) is 1.60. The number of aromatic hydroxyl groups is 2. The Bertz CT molecular complexity index is 332. The third-order valence-electron chi connectivity index (χ3n) is 2.36. The van der Waals surface area contributed by atoms with Crippen LogP contribution in [0.5, 0.6) is 11.5 Å². The molecule has 0 radical (unpaired) electrons. The van der Waals surface area contributed by atoms with E-state index in [4.69, 9.17) is 5.73 Å². The first-order valence-corrected chi connectivity index (χ1v) is 4.22. The van der Waals surface area contributed by atoms with E-state index in [1.165, 1.54) is 6.07 Å². The van der Waals surface area contributed by atoms with E-state index in [1.807, 2.05) is 0 Å². The number of benzene rings is 1. The molecular formula is C10H15NO2. The van der Waals surface area contributed by atoms with Crippen LogP contribution in [0.3, 0.4) is 0 Å². The van der Waals surface area contributed by atoms with E-state index in [0.29, 0.717) is 16.7 Å². The molecule has 0 fully saturated rings. The van der Waals surface area contributed by atoms with Crippen LogP contribution in [-0.4, -0.2) is 10.2 Å². The highest BCUT2D eigenvalue weighted by atomic mass is 16.3. The van der Waals surface area contributed by atoms with E-state index in [-0.39, 0.29) is 17.5 Å². The van der Waals surface area contributed by atoms with Crippen LogP contribution >= 0.6 is 0 Å². The Labute approximate surface area is 77.8 Å². The molecule has 1 aromatic rings. The standard InChI is InChI=1S/C10H15NO2/c1-5-6(2)10(13)8(7(3)11)4-9(5)12/h4,7,12-13H,11H2,1-3H3/t7-/m1/s1. The number of hydrogen-bond donors (Lipinski definition) is 3. The molecule has 0 unspecified atom stereocenters. The molecule has 0 amide bonds. The Morgan fingerprint density at radius 3 is 2.23 bits per heavy atom. The molecule has 0 saturated heterocycles. The Morgan fingerprint density at radius 1 is 1.23 bits per heavy atom. The molecule has 1 rings (SSSR count). The van der Waals surface area contributed by atoms with Crippen molar-refractivity contribution in [3.8, 4) is 11.5 Å². The van der Waals surface area contributed by atoms with Crippen molar-refractivity contribution in [2.75, 3.05) is 0 Å². The van der Waals surface area contributed by atoms with Crippen LogP contribution in [0.2, 0.25) is 0 Å². The molecule has 1 aromatic carbocycles. The molecule has 3 nitrogen and oxygen atoms in total. The van der Waals surface area contributed by atoms with Gasteiger partial charge in [-0.25, -0.2) is 0 Å². The molecule has 0 aliphatic carbocycles. The molecular weight excluding hydrogens is 166 g/mol. The Morgan fingerprint density at radius 2 is 1.77 bits per heavy atom. The van der Waals surface area contributed by atoms with Crippen molar-refractivity contribution in [3.05, 3.63) is 22.8 Å². The molecule has 4 N–H and O–H groups in total. The lowest BCUT2D eigenvalue weighted by atomic mass is 9.99. The lowest BCUT2D eigenvalue weighted by Gasteiger charge is -2.13. The van der Waals surface area contributed by atoms with Crippen LogP contribution in [0, 0.1) is 13.8 Å². The van der Waals surface area contributed by atoms with Gasteiger partial charge in [0.25, 0.3) is 0 Å². The zero-order valence-electron chi connectivity index (χ0n) is 8.13. The zero-order chi connectivity index (χ0) is 10.2. The minimum atomic E-state index is -0.273. The smallest absolute Gasteiger partial charge is 0.123 e. The molecule has 0 saturated carbocycles. The summed E-state index contributed by atoms with van der Waals surface area (Å²) in [6.07, 6.45) is 0. The second-order valence-electron chi connectivity index (χ2n) is 3.37. The molecule has 0 heterocycles. The van der Waals surface area contributed by atoms with Gasteiger partial charge < -0.3 is 15.9 Å². The van der Waals surface area contributed by atoms with Crippen LogP contribution in [0.25, 0.3) is 0 Å². The molecule has 0 aliphatic heterocycles. The summed E-state index contributed by atoms with van der Waals surface area (Å²) >= 11 is 0. The van der Waals surface area contributed by atoms with E-state index in [2.05, 4.69) is 0 Å². The van der Waals surface area contributed by atoms with Gasteiger partial charge in [-0.2, -0.15) is 0 Å². The normalized spacial score (nSPS) is 12.9. The minimum Gasteiger partial charge on any atom is -0.508 e. The van der Waals surface area contributed by atoms with E-state index >= 15 is 0 Å². The van der Waals surface area contributed by atoms with Gasteiger partial charge in [0.2, 0.25) is 0 Å². The van der Waals surface area contributed by atoms with Gasteiger partial charge in [-0.15, -0.1) is 0 Å². The van der Waals surface area contributed by atoms with Gasteiger partial charge in [0, 0.05) is 11.6 Å². The molecule has 13 heavy (non-hydrogen) atoms. The van der Waals surface area contributed by atoms with Crippen LogP contribution in [0.4, 0.5) is 0 Å². The monoisotopic (exact) mass is 181 g/mol. The average Bonchev–Trinajstić information content (AvgIpc) is 2.07. The number of phenols is 2. The predicted octanol–water partition coefficient (Wildman–Crippen LogP) is 1.73. The van der Waals surface area contributed by atoms with Crippen molar-refractivity contribution in [2.24, 2.45) is 5.73 Å². The van der Waals surface area contributed by atoms with Gasteiger partial charge >= 0.3 is 0 Å². The molecule has 72 valence electrons. The Hall–Kier alpha value is -1.22. The third-order valence-corrected chi connectivity index (χ3v) is 2.36. The van der Waals surface area contributed by atoms with E-state index in [9.17, 15) is 10.2 Å². The van der Waals surface area contributed by atoms with E-state index in [0.717, 1.165) is 0 Å². The maximum atomic E-state index is 9.68. The second kappa shape index (κ2) is 3.26. The first kappa shape index (κ1) is 9.86. The summed E-state index contributed by atoms with van der Waals surface area (Å²) in [5.74, 6) is 0.368. The van der Waals surface area contributed by atoms with Crippen molar-refractivity contribution >= 4 is 0 Å². The van der Waals surface area contributed by atoms with Gasteiger partial charge in [-0.3, -0.25) is 0 Å². The lowest BCUT2D eigenvalue weighted by Crippen LogP contribution is -2.06. The van der Waals surface area contributed by atoms with Gasteiger partial charge in [-0.05, 0) is 38.0 Å². The summed E-state index contributed by atoms with van der Waals surface area (Å²) < 4.78 is 0. The SMILES string of the molecule is Cc1c(O)cc([C@@H](C)N)c(O)c1C. The van der Waals surface area contributed by atoms with Crippen LogP contribution in [0.15, 0.2) is 6.07 Å². The van der Waals surface area contributed by atoms with Gasteiger partial charge in [0.05, 0.1) is 0 Å². The zero-order valence-corrected chi connectivity index (χ0v) is 8.13. The van der Waals surface area contributed by atoms with Crippen molar-refractivity contribution in [2.45, 2.75) is 26.8 Å². The Kier molecular flexibility index (Phi) is 2.48. The van der Waals surface area contributed by atoms with Crippen molar-refractivity contribution in [1.29, 1.82) is 0 Å². The van der Waals surface area contributed by atoms with Crippen LogP contribution in [0.1, 0.15) is 29.7 Å². The lowest BCUT2D eigenvalue weighted by molar-refractivity contribution is 0.443. The fraction of sp³-hybridized carbons (Fsp3) is 0.400. The van der Waals surface area contributed by atoms with E-state index < -0.39 is 0 Å².